The van der Waals surface area contributed by atoms with Crippen LogP contribution in [0.25, 0.3) is 0 Å². The topological polar surface area (TPSA) is 76.7 Å². The summed E-state index contributed by atoms with van der Waals surface area (Å²) >= 11 is 0. The van der Waals surface area contributed by atoms with Gasteiger partial charge in [-0.05, 0) is 30.4 Å². The van der Waals surface area contributed by atoms with Crippen molar-refractivity contribution >= 4 is 11.8 Å². The van der Waals surface area contributed by atoms with E-state index in [-0.39, 0.29) is 41.5 Å². The maximum Gasteiger partial charge on any atom is 0.317 e. The molecule has 1 N–H and O–H groups in total. The molecule has 1 aliphatic heterocycles. The first-order chi connectivity index (χ1) is 12.0. The molecule has 1 aromatic heterocycles. The Morgan fingerprint density at radius 2 is 2.08 bits per heavy atom. The van der Waals surface area contributed by atoms with Crippen molar-refractivity contribution in [3.05, 3.63) is 35.3 Å². The number of ether oxygens (including phenoxy) is 1. The Morgan fingerprint density at radius 1 is 1.28 bits per heavy atom. The Balaban J connectivity index is 1.71. The number of esters is 1. The summed E-state index contributed by atoms with van der Waals surface area (Å²) in [5.74, 6) is -0.533. The van der Waals surface area contributed by atoms with Crippen molar-refractivity contribution in [1.29, 1.82) is 0 Å². The Labute approximate surface area is 146 Å². The largest absolute Gasteiger partial charge is 0.472 e. The Hall–Kier alpha value is -1.88. The molecule has 2 fully saturated rings. The molecule has 2 bridgehead atoms. The van der Waals surface area contributed by atoms with Gasteiger partial charge in [0.05, 0.1) is 18.6 Å². The van der Waals surface area contributed by atoms with Gasteiger partial charge in [0.25, 0.3) is 0 Å². The van der Waals surface area contributed by atoms with Crippen molar-refractivity contribution < 1.29 is 23.8 Å². The van der Waals surface area contributed by atoms with Gasteiger partial charge in [0.15, 0.2) is 5.78 Å². The molecule has 0 amide bonds. The summed E-state index contributed by atoms with van der Waals surface area (Å²) in [4.78, 5) is 26.2. The van der Waals surface area contributed by atoms with Gasteiger partial charge >= 0.3 is 5.97 Å². The van der Waals surface area contributed by atoms with E-state index in [9.17, 15) is 14.7 Å². The lowest BCUT2D eigenvalue weighted by Gasteiger charge is -2.46. The highest BCUT2D eigenvalue weighted by Crippen LogP contribution is 2.65. The first kappa shape index (κ1) is 15.4. The summed E-state index contributed by atoms with van der Waals surface area (Å²) in [6.45, 7) is 3.93. The number of ketones is 1. The van der Waals surface area contributed by atoms with Gasteiger partial charge in [-0.3, -0.25) is 9.59 Å². The van der Waals surface area contributed by atoms with Crippen LogP contribution < -0.4 is 0 Å². The lowest BCUT2D eigenvalue weighted by atomic mass is 9.54. The number of aliphatic hydroxyl groups is 1. The highest BCUT2D eigenvalue weighted by molar-refractivity contribution is 6.09. The van der Waals surface area contributed by atoms with Gasteiger partial charge in [-0.2, -0.15) is 0 Å². The summed E-state index contributed by atoms with van der Waals surface area (Å²) < 4.78 is 11.0. The van der Waals surface area contributed by atoms with Crippen LogP contribution in [0.4, 0.5) is 0 Å². The molecule has 3 aliphatic carbocycles. The second-order valence-electron chi connectivity index (χ2n) is 8.20. The molecule has 1 saturated heterocycles. The Kier molecular flexibility index (Phi) is 2.98. The van der Waals surface area contributed by atoms with E-state index < -0.39 is 11.5 Å². The molecule has 1 saturated carbocycles. The molecule has 0 aromatic carbocycles. The molecule has 5 rings (SSSR count). The van der Waals surface area contributed by atoms with Crippen molar-refractivity contribution in [2.75, 3.05) is 0 Å². The summed E-state index contributed by atoms with van der Waals surface area (Å²) in [5.41, 5.74) is 1.92. The van der Waals surface area contributed by atoms with Crippen molar-refractivity contribution in [2.24, 2.45) is 23.2 Å². The van der Waals surface area contributed by atoms with E-state index in [1.165, 1.54) is 0 Å². The van der Waals surface area contributed by atoms with E-state index in [1.807, 2.05) is 19.9 Å². The first-order valence-electron chi connectivity index (χ1n) is 9.15. The normalized spacial score (nSPS) is 45.4. The second-order valence-corrected chi connectivity index (χ2v) is 8.20. The maximum absolute atomic E-state index is 13.3. The van der Waals surface area contributed by atoms with Crippen LogP contribution in [-0.4, -0.2) is 29.1 Å². The third-order valence-electron chi connectivity index (χ3n) is 7.23. The second kappa shape index (κ2) is 4.85. The fraction of sp³-hybridized carbons (Fsp3) is 0.600. The van der Waals surface area contributed by atoms with Crippen LogP contribution in [0.15, 0.2) is 34.2 Å². The van der Waals surface area contributed by atoms with Gasteiger partial charge in [-0.25, -0.2) is 0 Å². The Morgan fingerprint density at radius 3 is 2.80 bits per heavy atom. The van der Waals surface area contributed by atoms with E-state index in [1.54, 1.807) is 12.5 Å². The molecule has 5 heteroatoms. The fourth-order valence-corrected chi connectivity index (χ4v) is 6.15. The molecule has 0 radical (unpaired) electrons. The summed E-state index contributed by atoms with van der Waals surface area (Å²) in [6, 6.07) is 1.91. The quantitative estimate of drug-likeness (QED) is 0.794. The van der Waals surface area contributed by atoms with Gasteiger partial charge in [0, 0.05) is 29.7 Å². The van der Waals surface area contributed by atoms with Gasteiger partial charge in [-0.15, -0.1) is 0 Å². The minimum absolute atomic E-state index is 0.0294. The summed E-state index contributed by atoms with van der Waals surface area (Å²) in [7, 11) is 0. The van der Waals surface area contributed by atoms with Gasteiger partial charge in [0.1, 0.15) is 11.5 Å². The van der Waals surface area contributed by atoms with Crippen molar-refractivity contribution in [3.8, 4) is 0 Å². The van der Waals surface area contributed by atoms with Crippen LogP contribution in [0, 0.1) is 23.2 Å². The third-order valence-corrected chi connectivity index (χ3v) is 7.23. The van der Waals surface area contributed by atoms with Crippen molar-refractivity contribution in [2.45, 2.75) is 51.2 Å². The van der Waals surface area contributed by atoms with E-state index >= 15 is 0 Å². The molecule has 132 valence electrons. The van der Waals surface area contributed by atoms with Crippen molar-refractivity contribution in [1.82, 2.24) is 0 Å². The zero-order valence-corrected chi connectivity index (χ0v) is 14.4. The van der Waals surface area contributed by atoms with Crippen LogP contribution >= 0.6 is 0 Å². The highest BCUT2D eigenvalue weighted by atomic mass is 16.6. The zero-order valence-electron chi connectivity index (χ0n) is 14.4. The molecule has 2 heterocycles. The van der Waals surface area contributed by atoms with E-state index in [4.69, 9.17) is 9.15 Å². The van der Waals surface area contributed by atoms with E-state index in [0.717, 1.165) is 11.1 Å². The smallest absolute Gasteiger partial charge is 0.317 e. The number of rotatable bonds is 1. The Bertz CT molecular complexity index is 791. The lowest BCUT2D eigenvalue weighted by molar-refractivity contribution is -0.148. The maximum atomic E-state index is 13.3. The minimum atomic E-state index is -0.847. The average Bonchev–Trinajstić information content (AvgIpc) is 3.23. The van der Waals surface area contributed by atoms with Crippen molar-refractivity contribution in [3.63, 3.8) is 0 Å². The van der Waals surface area contributed by atoms with Crippen LogP contribution in [0.3, 0.4) is 0 Å². The van der Waals surface area contributed by atoms with Gasteiger partial charge in [0.2, 0.25) is 0 Å². The SMILES string of the molecule is C[C@@H]1[C@@H]2[C@H]3CC4=C(C(=O)[C@@H](C)[C@@H]4c4ccoc4)[C@]2(CC[C@H]1O)C(=O)O3. The van der Waals surface area contributed by atoms with E-state index in [0.29, 0.717) is 24.8 Å². The van der Waals surface area contributed by atoms with Crippen LogP contribution in [0.2, 0.25) is 0 Å². The molecule has 0 unspecified atom stereocenters. The molecular weight excluding hydrogens is 320 g/mol. The monoisotopic (exact) mass is 342 g/mol. The fourth-order valence-electron chi connectivity index (χ4n) is 6.15. The number of aliphatic hydroxyl groups excluding tert-OH is 1. The number of furan rings is 1. The van der Waals surface area contributed by atoms with Crippen LogP contribution in [0.5, 0.6) is 0 Å². The standard InChI is InChI=1S/C20H22O5/c1-9-13(21)3-5-20-16(9)14(25-19(20)23)7-12-15(11-4-6-24-8-11)10(2)18(22)17(12)20/h4,6,8-10,13-16,21H,3,5,7H2,1-2H3/t9-,10-,13+,14+,15+,16+,20+/m0/s1. The van der Waals surface area contributed by atoms with Crippen LogP contribution in [0.1, 0.15) is 44.6 Å². The molecular formula is C20H22O5. The minimum Gasteiger partial charge on any atom is -0.472 e. The highest BCUT2D eigenvalue weighted by Gasteiger charge is 2.69. The number of hydrogen-bond donors (Lipinski definition) is 1. The average molecular weight is 342 g/mol. The van der Waals surface area contributed by atoms with Crippen LogP contribution in [-0.2, 0) is 14.3 Å². The van der Waals surface area contributed by atoms with Gasteiger partial charge < -0.3 is 14.3 Å². The number of carbonyl (C=O) groups is 2. The predicted octanol–water partition coefficient (Wildman–Crippen LogP) is 2.60. The lowest BCUT2D eigenvalue weighted by Crippen LogP contribution is -2.51. The molecule has 0 spiro atoms. The first-order valence-corrected chi connectivity index (χ1v) is 9.15. The summed E-state index contributed by atoms with van der Waals surface area (Å²) in [5, 5.41) is 10.3. The molecule has 7 atom stereocenters. The molecule has 5 nitrogen and oxygen atoms in total. The number of hydrogen-bond acceptors (Lipinski definition) is 5. The molecule has 4 aliphatic rings. The zero-order chi connectivity index (χ0) is 17.5. The molecule has 25 heavy (non-hydrogen) atoms. The summed E-state index contributed by atoms with van der Waals surface area (Å²) in [6.07, 6.45) is 4.30. The number of Topliss-reactive ketones (excluding diaryl/α,β-unsaturated/α-hetero) is 1. The molecule has 1 aromatic rings. The van der Waals surface area contributed by atoms with E-state index in [2.05, 4.69) is 0 Å². The number of carbonyl (C=O) groups excluding carboxylic acids is 2. The van der Waals surface area contributed by atoms with Gasteiger partial charge in [-0.1, -0.05) is 19.4 Å². The predicted molar refractivity (Wildman–Crippen MR) is 87.5 cm³/mol. The third kappa shape index (κ3) is 1.67.